The normalized spacial score (nSPS) is 18.9. The summed E-state index contributed by atoms with van der Waals surface area (Å²) in [6.07, 6.45) is 2.12. The fraction of sp³-hybridized carbons (Fsp3) is 0.625. The van der Waals surface area contributed by atoms with Gasteiger partial charge in [-0.3, -0.25) is 4.90 Å². The average Bonchev–Trinajstić information content (AvgIpc) is 2.73. The van der Waals surface area contributed by atoms with Crippen molar-refractivity contribution in [2.45, 2.75) is 25.8 Å². The number of nitrogens with two attached hydrogens (primary N) is 1. The van der Waals surface area contributed by atoms with Crippen LogP contribution in [0.5, 0.6) is 0 Å². The second-order valence-electron chi connectivity index (χ2n) is 5.51. The lowest BCUT2D eigenvalue weighted by Crippen LogP contribution is -2.32. The first-order valence-electron chi connectivity index (χ1n) is 7.68. The number of nitrogens with zero attached hydrogens (tertiary/aromatic N) is 2. The molecular weight excluding hydrogens is 250 g/mol. The minimum Gasteiger partial charge on any atom is -0.395 e. The highest BCUT2D eigenvalue weighted by Crippen LogP contribution is 2.21. The van der Waals surface area contributed by atoms with Crippen LogP contribution in [0.4, 0.5) is 5.69 Å². The maximum atomic E-state index is 9.03. The third-order valence-corrected chi connectivity index (χ3v) is 4.13. The summed E-state index contributed by atoms with van der Waals surface area (Å²) in [4.78, 5) is 4.76. The molecule has 1 atom stereocenters. The molecule has 4 heteroatoms. The Morgan fingerprint density at radius 2 is 1.90 bits per heavy atom. The van der Waals surface area contributed by atoms with Gasteiger partial charge in [-0.15, -0.1) is 0 Å². The van der Waals surface area contributed by atoms with Crippen molar-refractivity contribution >= 4 is 5.69 Å². The topological polar surface area (TPSA) is 52.7 Å². The summed E-state index contributed by atoms with van der Waals surface area (Å²) < 4.78 is 0. The molecule has 1 aliphatic rings. The lowest BCUT2D eigenvalue weighted by atomic mass is 10.1. The Morgan fingerprint density at radius 1 is 1.15 bits per heavy atom. The Bertz CT molecular complexity index is 393. The maximum Gasteiger partial charge on any atom is 0.0558 e. The van der Waals surface area contributed by atoms with E-state index in [4.69, 9.17) is 10.8 Å². The van der Waals surface area contributed by atoms with Crippen LogP contribution in [0, 0.1) is 0 Å². The third-order valence-electron chi connectivity index (χ3n) is 4.13. The van der Waals surface area contributed by atoms with Gasteiger partial charge in [-0.2, -0.15) is 0 Å². The third kappa shape index (κ3) is 3.95. The van der Waals surface area contributed by atoms with Gasteiger partial charge in [-0.25, -0.2) is 0 Å². The van der Waals surface area contributed by atoms with Gasteiger partial charge in [0.05, 0.1) is 6.61 Å². The van der Waals surface area contributed by atoms with E-state index in [1.807, 2.05) is 0 Å². The molecule has 0 bridgehead atoms. The monoisotopic (exact) mass is 277 g/mol. The van der Waals surface area contributed by atoms with Crippen molar-refractivity contribution in [3.63, 3.8) is 0 Å². The molecule has 4 nitrogen and oxygen atoms in total. The maximum absolute atomic E-state index is 9.03. The van der Waals surface area contributed by atoms with Crippen LogP contribution in [0.3, 0.4) is 0 Å². The molecule has 3 N–H and O–H groups in total. The van der Waals surface area contributed by atoms with Gasteiger partial charge >= 0.3 is 0 Å². The van der Waals surface area contributed by atoms with E-state index >= 15 is 0 Å². The zero-order valence-electron chi connectivity index (χ0n) is 12.5. The van der Waals surface area contributed by atoms with E-state index in [-0.39, 0.29) is 12.6 Å². The van der Waals surface area contributed by atoms with Crippen LogP contribution in [0.15, 0.2) is 24.3 Å². The van der Waals surface area contributed by atoms with Gasteiger partial charge in [-0.05, 0) is 37.1 Å². The van der Waals surface area contributed by atoms with E-state index in [0.29, 0.717) is 0 Å². The number of hydrogen-bond acceptors (Lipinski definition) is 4. The molecular formula is C16H27N3O. The molecule has 0 spiro atoms. The molecule has 1 fully saturated rings. The molecule has 0 unspecified atom stereocenters. The van der Waals surface area contributed by atoms with Crippen LogP contribution in [0.1, 0.15) is 31.4 Å². The van der Waals surface area contributed by atoms with Gasteiger partial charge < -0.3 is 15.7 Å². The number of hydrogen-bond donors (Lipinski definition) is 2. The molecule has 0 aliphatic carbocycles. The predicted octanol–water partition coefficient (Wildman–Crippen LogP) is 1.60. The number of rotatable bonds is 5. The number of aliphatic hydroxyl groups excluding tert-OH is 1. The van der Waals surface area contributed by atoms with Crippen molar-refractivity contribution in [3.05, 3.63) is 29.8 Å². The Morgan fingerprint density at radius 3 is 2.55 bits per heavy atom. The van der Waals surface area contributed by atoms with Gasteiger partial charge in [0.25, 0.3) is 0 Å². The number of β-amino-alcohol motifs (C(OH)–C–C–N with tert-alkyl or cyclic N) is 1. The summed E-state index contributed by atoms with van der Waals surface area (Å²) >= 11 is 0. The number of aliphatic hydroxyl groups is 1. The minimum absolute atomic E-state index is 0.147. The Balaban J connectivity index is 1.97. The fourth-order valence-corrected chi connectivity index (χ4v) is 2.76. The van der Waals surface area contributed by atoms with Gasteiger partial charge in [0.1, 0.15) is 0 Å². The lowest BCUT2D eigenvalue weighted by Gasteiger charge is -2.24. The fourth-order valence-electron chi connectivity index (χ4n) is 2.76. The van der Waals surface area contributed by atoms with Crippen LogP contribution in [0.2, 0.25) is 0 Å². The Labute approximate surface area is 122 Å². The summed E-state index contributed by atoms with van der Waals surface area (Å²) in [5, 5.41) is 9.03. The molecule has 0 amide bonds. The molecule has 2 rings (SSSR count). The highest BCUT2D eigenvalue weighted by molar-refractivity contribution is 5.48. The zero-order chi connectivity index (χ0) is 14.4. The standard InChI is InChI=1S/C16H27N3O/c1-2-16(17)14-4-6-15(7-5-14)19-9-3-8-18(10-11-19)12-13-20/h4-7,16,20H,2-3,8-13,17H2,1H3/t16-/m1/s1. The minimum atomic E-state index is 0.147. The van der Waals surface area contributed by atoms with Crippen LogP contribution in [-0.4, -0.2) is 49.3 Å². The predicted molar refractivity (Wildman–Crippen MR) is 84.0 cm³/mol. The molecule has 20 heavy (non-hydrogen) atoms. The molecule has 1 aliphatic heterocycles. The van der Waals surface area contributed by atoms with E-state index < -0.39 is 0 Å². The van der Waals surface area contributed by atoms with Gasteiger partial charge in [0, 0.05) is 37.9 Å². The van der Waals surface area contributed by atoms with E-state index in [1.165, 1.54) is 11.3 Å². The molecule has 0 radical (unpaired) electrons. The summed E-state index contributed by atoms with van der Waals surface area (Å²) in [7, 11) is 0. The molecule has 0 saturated carbocycles. The van der Waals surface area contributed by atoms with E-state index in [9.17, 15) is 0 Å². The molecule has 1 heterocycles. The number of benzene rings is 1. The molecule has 1 aromatic carbocycles. The molecule has 1 saturated heterocycles. The second kappa shape index (κ2) is 7.62. The molecule has 0 aromatic heterocycles. The van der Waals surface area contributed by atoms with Crippen LogP contribution in [0.25, 0.3) is 0 Å². The van der Waals surface area contributed by atoms with Crippen LogP contribution >= 0.6 is 0 Å². The van der Waals surface area contributed by atoms with Gasteiger partial charge in [0.2, 0.25) is 0 Å². The first-order chi connectivity index (χ1) is 9.74. The van der Waals surface area contributed by atoms with Gasteiger partial charge in [-0.1, -0.05) is 19.1 Å². The smallest absolute Gasteiger partial charge is 0.0558 e. The van der Waals surface area contributed by atoms with Crippen molar-refractivity contribution in [3.8, 4) is 0 Å². The quantitative estimate of drug-likeness (QED) is 0.858. The summed E-state index contributed by atoms with van der Waals surface area (Å²) in [6.45, 7) is 7.37. The average molecular weight is 277 g/mol. The largest absolute Gasteiger partial charge is 0.395 e. The summed E-state index contributed by atoms with van der Waals surface area (Å²) in [5.41, 5.74) is 8.55. The van der Waals surface area contributed by atoms with Crippen molar-refractivity contribution in [2.24, 2.45) is 5.73 Å². The van der Waals surface area contributed by atoms with Crippen molar-refractivity contribution in [2.75, 3.05) is 44.2 Å². The molecule has 112 valence electrons. The Kier molecular flexibility index (Phi) is 5.83. The summed E-state index contributed by atoms with van der Waals surface area (Å²) in [6, 6.07) is 8.83. The van der Waals surface area contributed by atoms with Crippen molar-refractivity contribution in [1.82, 2.24) is 4.90 Å². The van der Waals surface area contributed by atoms with Crippen LogP contribution in [-0.2, 0) is 0 Å². The van der Waals surface area contributed by atoms with Gasteiger partial charge in [0.15, 0.2) is 0 Å². The SMILES string of the molecule is CC[C@@H](N)c1ccc(N2CCCN(CCO)CC2)cc1. The van der Waals surface area contributed by atoms with Crippen LogP contribution < -0.4 is 10.6 Å². The number of anilines is 1. The molecule has 1 aromatic rings. The van der Waals surface area contributed by atoms with E-state index in [1.54, 1.807) is 0 Å². The first kappa shape index (κ1) is 15.3. The summed E-state index contributed by atoms with van der Waals surface area (Å²) in [5.74, 6) is 0. The zero-order valence-corrected chi connectivity index (χ0v) is 12.5. The first-order valence-corrected chi connectivity index (χ1v) is 7.68. The van der Waals surface area contributed by atoms with E-state index in [0.717, 1.165) is 45.6 Å². The lowest BCUT2D eigenvalue weighted by molar-refractivity contribution is 0.204. The highest BCUT2D eigenvalue weighted by Gasteiger charge is 2.15. The van der Waals surface area contributed by atoms with Crippen molar-refractivity contribution in [1.29, 1.82) is 0 Å². The van der Waals surface area contributed by atoms with E-state index in [2.05, 4.69) is 41.0 Å². The second-order valence-corrected chi connectivity index (χ2v) is 5.51. The van der Waals surface area contributed by atoms with Crippen molar-refractivity contribution < 1.29 is 5.11 Å². The Hall–Kier alpha value is -1.10. The highest BCUT2D eigenvalue weighted by atomic mass is 16.3.